The first kappa shape index (κ1) is 17.1. The van der Waals surface area contributed by atoms with Gasteiger partial charge >= 0.3 is 0 Å². The Hall–Kier alpha value is -1.22. The van der Waals surface area contributed by atoms with Gasteiger partial charge in [0.2, 0.25) is 0 Å². The lowest BCUT2D eigenvalue weighted by atomic mass is 10.1. The van der Waals surface area contributed by atoms with Crippen molar-refractivity contribution in [2.45, 2.75) is 58.5 Å². The molecule has 0 radical (unpaired) electrons. The summed E-state index contributed by atoms with van der Waals surface area (Å²) in [6, 6.07) is 8.47. The Morgan fingerprint density at radius 3 is 2.41 bits per heavy atom. The molecule has 1 N–H and O–H groups in total. The third kappa shape index (κ3) is 5.88. The number of rotatable bonds is 9. The Morgan fingerprint density at radius 2 is 1.77 bits per heavy atom. The van der Waals surface area contributed by atoms with Crippen LogP contribution in [0.4, 0.5) is 5.69 Å². The van der Waals surface area contributed by atoms with E-state index in [1.54, 1.807) is 0 Å². The molecule has 0 aromatic heterocycles. The van der Waals surface area contributed by atoms with E-state index in [0.717, 1.165) is 31.7 Å². The summed E-state index contributed by atoms with van der Waals surface area (Å²) in [6.45, 7) is 9.03. The largest absolute Gasteiger partial charge is 0.490 e. The van der Waals surface area contributed by atoms with Gasteiger partial charge in [-0.25, -0.2) is 0 Å². The van der Waals surface area contributed by atoms with E-state index in [-0.39, 0.29) is 0 Å². The van der Waals surface area contributed by atoms with E-state index in [9.17, 15) is 0 Å². The molecule has 0 atom stereocenters. The number of hydrogen-bond donors (Lipinski definition) is 1. The van der Waals surface area contributed by atoms with Crippen LogP contribution in [-0.4, -0.2) is 37.2 Å². The molecule has 0 amide bonds. The summed E-state index contributed by atoms with van der Waals surface area (Å²) in [6.07, 6.45) is 7.88. The molecule has 1 aromatic rings. The van der Waals surface area contributed by atoms with Crippen molar-refractivity contribution in [2.24, 2.45) is 0 Å². The summed E-state index contributed by atoms with van der Waals surface area (Å²) in [4.78, 5) is 2.49. The van der Waals surface area contributed by atoms with E-state index < -0.39 is 0 Å². The maximum absolute atomic E-state index is 6.11. The standard InChI is InChI=1S/C19H32N2O/c1-3-5-6-7-14-20-17-8-10-18(11-9-17)22-19-12-15-21(4-2)16-13-19/h8-11,19-20H,3-7,12-16H2,1-2H3. The van der Waals surface area contributed by atoms with Crippen molar-refractivity contribution in [1.29, 1.82) is 0 Å². The Balaban J connectivity index is 1.68. The molecule has 1 heterocycles. The normalized spacial score (nSPS) is 16.6. The van der Waals surface area contributed by atoms with Crippen molar-refractivity contribution in [3.05, 3.63) is 24.3 Å². The van der Waals surface area contributed by atoms with Gasteiger partial charge in [-0.15, -0.1) is 0 Å². The van der Waals surface area contributed by atoms with Gasteiger partial charge in [-0.1, -0.05) is 33.1 Å². The maximum atomic E-state index is 6.11. The van der Waals surface area contributed by atoms with Crippen molar-refractivity contribution < 1.29 is 4.74 Å². The number of piperidine rings is 1. The lowest BCUT2D eigenvalue weighted by Crippen LogP contribution is -2.37. The average Bonchev–Trinajstić information content (AvgIpc) is 2.57. The van der Waals surface area contributed by atoms with Gasteiger partial charge in [0.25, 0.3) is 0 Å². The van der Waals surface area contributed by atoms with Crippen LogP contribution in [0.25, 0.3) is 0 Å². The molecule has 3 nitrogen and oxygen atoms in total. The molecule has 1 aliphatic rings. The smallest absolute Gasteiger partial charge is 0.119 e. The molecule has 0 saturated carbocycles. The van der Waals surface area contributed by atoms with Gasteiger partial charge in [-0.2, -0.15) is 0 Å². The topological polar surface area (TPSA) is 24.5 Å². The van der Waals surface area contributed by atoms with E-state index in [1.807, 2.05) is 0 Å². The zero-order valence-corrected chi connectivity index (χ0v) is 14.3. The van der Waals surface area contributed by atoms with Crippen molar-refractivity contribution in [3.8, 4) is 5.75 Å². The number of ether oxygens (including phenoxy) is 1. The third-order valence-corrected chi connectivity index (χ3v) is 4.50. The molecule has 0 unspecified atom stereocenters. The highest BCUT2D eigenvalue weighted by atomic mass is 16.5. The first-order valence-electron chi connectivity index (χ1n) is 9.04. The number of benzene rings is 1. The van der Waals surface area contributed by atoms with Crippen LogP contribution in [0.5, 0.6) is 5.75 Å². The summed E-state index contributed by atoms with van der Waals surface area (Å²) in [5, 5.41) is 3.49. The second-order valence-corrected chi connectivity index (χ2v) is 6.26. The number of likely N-dealkylation sites (tertiary alicyclic amines) is 1. The van der Waals surface area contributed by atoms with Gasteiger partial charge < -0.3 is 15.0 Å². The Labute approximate surface area is 136 Å². The molecule has 0 aliphatic carbocycles. The molecule has 124 valence electrons. The molecule has 22 heavy (non-hydrogen) atoms. The Morgan fingerprint density at radius 1 is 1.05 bits per heavy atom. The predicted molar refractivity (Wildman–Crippen MR) is 94.8 cm³/mol. The summed E-state index contributed by atoms with van der Waals surface area (Å²) in [7, 11) is 0. The molecule has 0 spiro atoms. The van der Waals surface area contributed by atoms with Crippen LogP contribution in [0.3, 0.4) is 0 Å². The second kappa shape index (κ2) is 9.73. The third-order valence-electron chi connectivity index (χ3n) is 4.50. The fourth-order valence-corrected chi connectivity index (χ4v) is 2.97. The Bertz CT molecular complexity index is 396. The highest BCUT2D eigenvalue weighted by Gasteiger charge is 2.19. The minimum atomic E-state index is 0.385. The number of hydrogen-bond acceptors (Lipinski definition) is 3. The van der Waals surface area contributed by atoms with Gasteiger partial charge in [-0.05, 0) is 50.1 Å². The second-order valence-electron chi connectivity index (χ2n) is 6.26. The molecule has 1 aromatic carbocycles. The summed E-state index contributed by atoms with van der Waals surface area (Å²) < 4.78 is 6.11. The lowest BCUT2D eigenvalue weighted by molar-refractivity contribution is 0.104. The van der Waals surface area contributed by atoms with Gasteiger partial charge in [0.05, 0.1) is 0 Å². The Kier molecular flexibility index (Phi) is 7.58. The molecule has 0 bridgehead atoms. The number of anilines is 1. The maximum Gasteiger partial charge on any atom is 0.119 e. The van der Waals surface area contributed by atoms with Crippen LogP contribution in [0.1, 0.15) is 52.4 Å². The average molecular weight is 304 g/mol. The van der Waals surface area contributed by atoms with Crippen molar-refractivity contribution >= 4 is 5.69 Å². The van der Waals surface area contributed by atoms with E-state index in [0.29, 0.717) is 6.10 Å². The number of nitrogens with one attached hydrogen (secondary N) is 1. The monoisotopic (exact) mass is 304 g/mol. The van der Waals surface area contributed by atoms with E-state index in [1.165, 1.54) is 44.5 Å². The number of unbranched alkanes of at least 4 members (excludes halogenated alkanes) is 3. The molecule has 3 heteroatoms. The van der Waals surface area contributed by atoms with Gasteiger partial charge in [0.15, 0.2) is 0 Å². The lowest BCUT2D eigenvalue weighted by Gasteiger charge is -2.31. The number of nitrogens with zero attached hydrogens (tertiary/aromatic N) is 1. The van der Waals surface area contributed by atoms with Gasteiger partial charge in [-0.3, -0.25) is 0 Å². The highest BCUT2D eigenvalue weighted by molar-refractivity contribution is 5.46. The minimum absolute atomic E-state index is 0.385. The summed E-state index contributed by atoms with van der Waals surface area (Å²) >= 11 is 0. The quantitative estimate of drug-likeness (QED) is 0.678. The fourth-order valence-electron chi connectivity index (χ4n) is 2.97. The fraction of sp³-hybridized carbons (Fsp3) is 0.684. The van der Waals surface area contributed by atoms with E-state index in [2.05, 4.69) is 48.3 Å². The van der Waals surface area contributed by atoms with Crippen LogP contribution >= 0.6 is 0 Å². The zero-order valence-electron chi connectivity index (χ0n) is 14.3. The van der Waals surface area contributed by atoms with Crippen molar-refractivity contribution in [2.75, 3.05) is 31.5 Å². The van der Waals surface area contributed by atoms with E-state index in [4.69, 9.17) is 4.74 Å². The molecule has 1 fully saturated rings. The minimum Gasteiger partial charge on any atom is -0.490 e. The van der Waals surface area contributed by atoms with Crippen LogP contribution in [-0.2, 0) is 0 Å². The molecule has 2 rings (SSSR count). The van der Waals surface area contributed by atoms with E-state index >= 15 is 0 Å². The zero-order chi connectivity index (χ0) is 15.6. The van der Waals surface area contributed by atoms with Gasteiger partial charge in [0, 0.05) is 25.3 Å². The van der Waals surface area contributed by atoms with Crippen LogP contribution in [0, 0.1) is 0 Å². The van der Waals surface area contributed by atoms with Crippen LogP contribution in [0.15, 0.2) is 24.3 Å². The first-order valence-corrected chi connectivity index (χ1v) is 9.04. The van der Waals surface area contributed by atoms with Gasteiger partial charge in [0.1, 0.15) is 11.9 Å². The molecular weight excluding hydrogens is 272 g/mol. The summed E-state index contributed by atoms with van der Waals surface area (Å²) in [5.41, 5.74) is 1.20. The van der Waals surface area contributed by atoms with Crippen LogP contribution < -0.4 is 10.1 Å². The van der Waals surface area contributed by atoms with Crippen LogP contribution in [0.2, 0.25) is 0 Å². The molecular formula is C19H32N2O. The SMILES string of the molecule is CCCCCCNc1ccc(OC2CCN(CC)CC2)cc1. The molecule has 1 aliphatic heterocycles. The molecule has 1 saturated heterocycles. The van der Waals surface area contributed by atoms with Crippen molar-refractivity contribution in [1.82, 2.24) is 4.90 Å². The van der Waals surface area contributed by atoms with Crippen molar-refractivity contribution in [3.63, 3.8) is 0 Å². The first-order chi connectivity index (χ1) is 10.8. The highest BCUT2D eigenvalue weighted by Crippen LogP contribution is 2.21. The predicted octanol–water partition coefficient (Wildman–Crippen LogP) is 4.54. The summed E-state index contributed by atoms with van der Waals surface area (Å²) in [5.74, 6) is 1.01.